The van der Waals surface area contributed by atoms with E-state index in [2.05, 4.69) is 5.32 Å². The van der Waals surface area contributed by atoms with Crippen molar-refractivity contribution in [3.63, 3.8) is 0 Å². The van der Waals surface area contributed by atoms with Gasteiger partial charge in [0.25, 0.3) is 0 Å². The summed E-state index contributed by atoms with van der Waals surface area (Å²) in [7, 11) is 0. The van der Waals surface area contributed by atoms with Gasteiger partial charge in [-0.3, -0.25) is 0 Å². The second kappa shape index (κ2) is 8.11. The Morgan fingerprint density at radius 2 is 2.11 bits per heavy atom. The molecule has 0 aromatic heterocycles. The Morgan fingerprint density at radius 1 is 1.28 bits per heavy atom. The lowest BCUT2D eigenvalue weighted by Gasteiger charge is -2.22. The van der Waals surface area contributed by atoms with Crippen LogP contribution in [0.5, 0.6) is 5.75 Å². The van der Waals surface area contributed by atoms with Gasteiger partial charge in [-0.15, -0.1) is 12.4 Å². The lowest BCUT2D eigenvalue weighted by molar-refractivity contribution is 0.254. The molecule has 1 N–H and O–H groups in total. The highest BCUT2D eigenvalue weighted by Gasteiger charge is 2.12. The van der Waals surface area contributed by atoms with Gasteiger partial charge in [-0.25, -0.2) is 0 Å². The van der Waals surface area contributed by atoms with Crippen LogP contribution in [0.15, 0.2) is 18.2 Å². The lowest BCUT2D eigenvalue weighted by Crippen LogP contribution is -2.30. The third-order valence-corrected chi connectivity index (χ3v) is 3.82. The summed E-state index contributed by atoms with van der Waals surface area (Å²) >= 11 is 11.8. The van der Waals surface area contributed by atoms with Crippen molar-refractivity contribution in [3.8, 4) is 5.75 Å². The molecule has 1 saturated heterocycles. The summed E-state index contributed by atoms with van der Waals surface area (Å²) < 4.78 is 5.67. The average Bonchev–Trinajstić information content (AvgIpc) is 2.35. The summed E-state index contributed by atoms with van der Waals surface area (Å²) in [5.41, 5.74) is 0. The molecule has 0 bridgehead atoms. The summed E-state index contributed by atoms with van der Waals surface area (Å²) in [6, 6.07) is 5.39. The molecule has 1 unspecified atom stereocenters. The molecule has 1 aliphatic rings. The molecule has 0 saturated carbocycles. The summed E-state index contributed by atoms with van der Waals surface area (Å²) in [5, 5.41) is 4.52. The second-order valence-corrected chi connectivity index (χ2v) is 5.24. The van der Waals surface area contributed by atoms with Gasteiger partial charge in [-0.2, -0.15) is 0 Å². The number of hydrogen-bond donors (Lipinski definition) is 1. The van der Waals surface area contributed by atoms with Gasteiger partial charge in [-0.05, 0) is 50.4 Å². The van der Waals surface area contributed by atoms with E-state index in [1.165, 1.54) is 12.8 Å². The number of halogens is 3. The van der Waals surface area contributed by atoms with Crippen molar-refractivity contribution in [1.82, 2.24) is 5.32 Å². The average molecular weight is 311 g/mol. The highest BCUT2D eigenvalue weighted by molar-refractivity contribution is 6.42. The fourth-order valence-electron chi connectivity index (χ4n) is 2.08. The van der Waals surface area contributed by atoms with Gasteiger partial charge in [-0.1, -0.05) is 23.2 Å². The standard InChI is InChI=1S/C13H17Cl2NO.ClH/c14-12-4-3-11(8-13(12)15)17-7-5-10-2-1-6-16-9-10;/h3-4,8,10,16H,1-2,5-7,9H2;1H. The third-order valence-electron chi connectivity index (χ3n) is 3.08. The third kappa shape index (κ3) is 4.85. The number of hydrogen-bond acceptors (Lipinski definition) is 2. The van der Waals surface area contributed by atoms with Crippen LogP contribution in [0, 0.1) is 5.92 Å². The first-order chi connectivity index (χ1) is 8.25. The molecule has 1 atom stereocenters. The van der Waals surface area contributed by atoms with Crippen molar-refractivity contribution in [3.05, 3.63) is 28.2 Å². The van der Waals surface area contributed by atoms with E-state index in [1.54, 1.807) is 12.1 Å². The molecule has 0 aliphatic carbocycles. The number of piperidine rings is 1. The molecule has 0 spiro atoms. The van der Waals surface area contributed by atoms with Crippen LogP contribution in [0.1, 0.15) is 19.3 Å². The Morgan fingerprint density at radius 3 is 2.78 bits per heavy atom. The minimum atomic E-state index is 0. The Balaban J connectivity index is 0.00000162. The number of ether oxygens (including phenoxy) is 1. The van der Waals surface area contributed by atoms with Crippen LogP contribution in [-0.2, 0) is 0 Å². The maximum atomic E-state index is 5.92. The van der Waals surface area contributed by atoms with Crippen molar-refractivity contribution in [2.45, 2.75) is 19.3 Å². The molecular formula is C13H18Cl3NO. The van der Waals surface area contributed by atoms with Crippen LogP contribution in [0.2, 0.25) is 10.0 Å². The Bertz CT molecular complexity index is 367. The van der Waals surface area contributed by atoms with Crippen LogP contribution in [0.4, 0.5) is 0 Å². The minimum Gasteiger partial charge on any atom is -0.494 e. The van der Waals surface area contributed by atoms with Gasteiger partial charge >= 0.3 is 0 Å². The monoisotopic (exact) mass is 309 g/mol. The molecule has 2 nitrogen and oxygen atoms in total. The quantitative estimate of drug-likeness (QED) is 0.900. The van der Waals surface area contributed by atoms with E-state index < -0.39 is 0 Å². The largest absolute Gasteiger partial charge is 0.494 e. The van der Waals surface area contributed by atoms with E-state index in [9.17, 15) is 0 Å². The summed E-state index contributed by atoms with van der Waals surface area (Å²) in [5.74, 6) is 1.54. The van der Waals surface area contributed by atoms with Crippen LogP contribution in [0.3, 0.4) is 0 Å². The Labute approximate surface area is 124 Å². The fourth-order valence-corrected chi connectivity index (χ4v) is 2.37. The molecule has 102 valence electrons. The first-order valence-corrected chi connectivity index (χ1v) is 6.80. The van der Waals surface area contributed by atoms with Crippen molar-refractivity contribution >= 4 is 35.6 Å². The zero-order valence-electron chi connectivity index (χ0n) is 10.1. The molecule has 1 aromatic carbocycles. The maximum Gasteiger partial charge on any atom is 0.120 e. The highest BCUT2D eigenvalue weighted by atomic mass is 35.5. The Hall–Kier alpha value is -0.150. The van der Waals surface area contributed by atoms with Gasteiger partial charge in [0.15, 0.2) is 0 Å². The van der Waals surface area contributed by atoms with Crippen molar-refractivity contribution in [1.29, 1.82) is 0 Å². The van der Waals surface area contributed by atoms with Crippen LogP contribution >= 0.6 is 35.6 Å². The van der Waals surface area contributed by atoms with E-state index in [4.69, 9.17) is 27.9 Å². The first kappa shape index (κ1) is 15.9. The van der Waals surface area contributed by atoms with Crippen LogP contribution in [-0.4, -0.2) is 19.7 Å². The Kier molecular flexibility index (Phi) is 7.16. The topological polar surface area (TPSA) is 21.3 Å². The number of nitrogens with one attached hydrogen (secondary N) is 1. The highest BCUT2D eigenvalue weighted by Crippen LogP contribution is 2.26. The normalized spacial score (nSPS) is 19.1. The van der Waals surface area contributed by atoms with Crippen molar-refractivity contribution in [2.75, 3.05) is 19.7 Å². The van der Waals surface area contributed by atoms with E-state index in [-0.39, 0.29) is 12.4 Å². The molecule has 1 aliphatic heterocycles. The van der Waals surface area contributed by atoms with Gasteiger partial charge in [0.1, 0.15) is 5.75 Å². The van der Waals surface area contributed by atoms with Gasteiger partial charge in [0, 0.05) is 6.07 Å². The van der Waals surface area contributed by atoms with Crippen LogP contribution < -0.4 is 10.1 Å². The molecule has 0 radical (unpaired) electrons. The second-order valence-electron chi connectivity index (χ2n) is 4.43. The van der Waals surface area contributed by atoms with Crippen LogP contribution in [0.25, 0.3) is 0 Å². The first-order valence-electron chi connectivity index (χ1n) is 6.04. The fraction of sp³-hybridized carbons (Fsp3) is 0.538. The smallest absolute Gasteiger partial charge is 0.120 e. The lowest BCUT2D eigenvalue weighted by atomic mass is 9.97. The molecule has 1 heterocycles. The van der Waals surface area contributed by atoms with E-state index >= 15 is 0 Å². The minimum absolute atomic E-state index is 0. The van der Waals surface area contributed by atoms with Gasteiger partial charge < -0.3 is 10.1 Å². The number of benzene rings is 1. The zero-order chi connectivity index (χ0) is 12.1. The zero-order valence-corrected chi connectivity index (χ0v) is 12.5. The van der Waals surface area contributed by atoms with Crippen molar-refractivity contribution < 1.29 is 4.74 Å². The van der Waals surface area contributed by atoms with E-state index in [1.807, 2.05) is 6.07 Å². The molecule has 2 rings (SSSR count). The summed E-state index contributed by atoms with van der Waals surface area (Å²) in [4.78, 5) is 0. The molecule has 18 heavy (non-hydrogen) atoms. The summed E-state index contributed by atoms with van der Waals surface area (Å²) in [6.07, 6.45) is 3.67. The predicted molar refractivity (Wildman–Crippen MR) is 79.4 cm³/mol. The maximum absolute atomic E-state index is 5.92. The van der Waals surface area contributed by atoms with Crippen molar-refractivity contribution in [2.24, 2.45) is 5.92 Å². The molecule has 1 fully saturated rings. The molecular weight excluding hydrogens is 293 g/mol. The van der Waals surface area contributed by atoms with E-state index in [0.717, 1.165) is 37.8 Å². The number of rotatable bonds is 4. The van der Waals surface area contributed by atoms with Gasteiger partial charge in [0.2, 0.25) is 0 Å². The molecule has 1 aromatic rings. The van der Waals surface area contributed by atoms with E-state index in [0.29, 0.717) is 10.0 Å². The SMILES string of the molecule is Cl.Clc1ccc(OCCC2CCCNC2)cc1Cl. The van der Waals surface area contributed by atoms with Gasteiger partial charge in [0.05, 0.1) is 16.7 Å². The molecule has 5 heteroatoms. The predicted octanol–water partition coefficient (Wildman–Crippen LogP) is 4.18. The summed E-state index contributed by atoms with van der Waals surface area (Å²) in [6.45, 7) is 3.01. The molecule has 0 amide bonds.